The first-order chi connectivity index (χ1) is 19.3. The fraction of sp³-hybridized carbons (Fsp3) is 0.353. The largest absolute Gasteiger partial charge is 0.490 e. The van der Waals surface area contributed by atoms with Crippen molar-refractivity contribution in [1.82, 2.24) is 5.32 Å². The Balaban J connectivity index is 1.54. The van der Waals surface area contributed by atoms with Crippen molar-refractivity contribution in [3.05, 3.63) is 93.5 Å². The second-order valence-corrected chi connectivity index (χ2v) is 11.5. The SMILES string of the molecule is CNC(=O)C(=O)Nc1ccc2c(c1)CCCC(c1ccc(Cl)cc1C)=C2c1ccc(OC2CCC(C)CC2)cc1. The van der Waals surface area contributed by atoms with Crippen LogP contribution in [0.3, 0.4) is 0 Å². The molecule has 2 N–H and O–H groups in total. The van der Waals surface area contributed by atoms with Crippen molar-refractivity contribution in [2.24, 2.45) is 5.92 Å². The molecular formula is C34H37ClN2O3. The van der Waals surface area contributed by atoms with Gasteiger partial charge in [0.2, 0.25) is 0 Å². The number of halogens is 1. The van der Waals surface area contributed by atoms with Gasteiger partial charge in [-0.2, -0.15) is 0 Å². The molecule has 0 spiro atoms. The summed E-state index contributed by atoms with van der Waals surface area (Å²) in [5.74, 6) is 0.361. The molecule has 5 nitrogen and oxygen atoms in total. The summed E-state index contributed by atoms with van der Waals surface area (Å²) in [6.45, 7) is 4.43. The lowest BCUT2D eigenvalue weighted by atomic mass is 9.86. The number of carbonyl (C=O) groups excluding carboxylic acids is 2. The minimum absolute atomic E-state index is 0.288. The second-order valence-electron chi connectivity index (χ2n) is 11.1. The lowest BCUT2D eigenvalue weighted by molar-refractivity contribution is -0.135. The molecule has 0 atom stereocenters. The number of aryl methyl sites for hydroxylation is 2. The summed E-state index contributed by atoms with van der Waals surface area (Å²) in [6, 6.07) is 20.5. The highest BCUT2D eigenvalue weighted by atomic mass is 35.5. The van der Waals surface area contributed by atoms with E-state index in [0.717, 1.165) is 71.0 Å². The maximum absolute atomic E-state index is 12.2. The molecule has 3 aromatic rings. The predicted molar refractivity (Wildman–Crippen MR) is 163 cm³/mol. The predicted octanol–water partition coefficient (Wildman–Crippen LogP) is 7.59. The molecule has 0 saturated heterocycles. The number of amides is 2. The standard InChI is InChI=1S/C34H37ClN2O3/c1-21-7-13-27(14-8-21)40-28-15-9-23(10-16-28)32-30-18-12-26(37-34(39)33(38)36-3)20-24(30)5-4-6-31(32)29-17-11-25(35)19-22(29)2/h9-12,15-21,27H,4-8,13-14H2,1-3H3,(H,36,38)(H,37,39). The molecule has 6 heteroatoms. The van der Waals surface area contributed by atoms with Gasteiger partial charge in [-0.1, -0.05) is 42.8 Å². The highest BCUT2D eigenvalue weighted by Gasteiger charge is 2.23. The van der Waals surface area contributed by atoms with Crippen LogP contribution in [0.15, 0.2) is 60.7 Å². The number of hydrogen-bond acceptors (Lipinski definition) is 3. The third-order valence-corrected chi connectivity index (χ3v) is 8.40. The van der Waals surface area contributed by atoms with Crippen molar-refractivity contribution in [3.63, 3.8) is 0 Å². The Morgan fingerprint density at radius 1 is 0.875 bits per heavy atom. The zero-order chi connectivity index (χ0) is 28.2. The Kier molecular flexibility index (Phi) is 8.60. The molecule has 0 aromatic heterocycles. The molecule has 2 aliphatic carbocycles. The summed E-state index contributed by atoms with van der Waals surface area (Å²) in [5, 5.41) is 5.83. The zero-order valence-electron chi connectivity index (χ0n) is 23.5. The van der Waals surface area contributed by atoms with Gasteiger partial charge in [-0.05, 0) is 133 Å². The van der Waals surface area contributed by atoms with E-state index in [1.54, 1.807) is 0 Å². The molecule has 0 aliphatic heterocycles. The van der Waals surface area contributed by atoms with Crippen LogP contribution in [0.5, 0.6) is 5.75 Å². The Morgan fingerprint density at radius 2 is 1.60 bits per heavy atom. The van der Waals surface area contributed by atoms with Crippen LogP contribution in [0.1, 0.15) is 73.3 Å². The van der Waals surface area contributed by atoms with Gasteiger partial charge in [-0.25, -0.2) is 0 Å². The van der Waals surface area contributed by atoms with E-state index in [2.05, 4.69) is 60.9 Å². The molecule has 5 rings (SSSR count). The first kappa shape index (κ1) is 28.0. The summed E-state index contributed by atoms with van der Waals surface area (Å²) < 4.78 is 6.36. The number of carbonyl (C=O) groups is 2. The summed E-state index contributed by atoms with van der Waals surface area (Å²) >= 11 is 6.33. The van der Waals surface area contributed by atoms with Crippen LogP contribution in [0.4, 0.5) is 5.69 Å². The van der Waals surface area contributed by atoms with Crippen LogP contribution >= 0.6 is 11.6 Å². The number of rotatable bonds is 5. The molecule has 208 valence electrons. The lowest BCUT2D eigenvalue weighted by Gasteiger charge is -2.27. The van der Waals surface area contributed by atoms with Crippen LogP contribution in [0, 0.1) is 12.8 Å². The van der Waals surface area contributed by atoms with Gasteiger partial charge in [0, 0.05) is 17.8 Å². The molecular weight excluding hydrogens is 520 g/mol. The third-order valence-electron chi connectivity index (χ3n) is 8.16. The summed E-state index contributed by atoms with van der Waals surface area (Å²) in [5.41, 5.74) is 8.82. The van der Waals surface area contributed by atoms with Crippen molar-refractivity contribution in [1.29, 1.82) is 0 Å². The van der Waals surface area contributed by atoms with Crippen molar-refractivity contribution in [2.45, 2.75) is 64.9 Å². The smallest absolute Gasteiger partial charge is 0.313 e. The van der Waals surface area contributed by atoms with E-state index in [1.807, 2.05) is 24.3 Å². The van der Waals surface area contributed by atoms with Crippen LogP contribution in [0.25, 0.3) is 11.1 Å². The topological polar surface area (TPSA) is 67.4 Å². The Morgan fingerprint density at radius 3 is 2.30 bits per heavy atom. The summed E-state index contributed by atoms with van der Waals surface area (Å²) in [6.07, 6.45) is 7.69. The highest BCUT2D eigenvalue weighted by Crippen LogP contribution is 2.42. The van der Waals surface area contributed by atoms with Crippen molar-refractivity contribution in [3.8, 4) is 5.75 Å². The monoisotopic (exact) mass is 556 g/mol. The molecule has 0 heterocycles. The molecule has 1 fully saturated rings. The van der Waals surface area contributed by atoms with Crippen LogP contribution in [-0.2, 0) is 16.0 Å². The fourth-order valence-electron chi connectivity index (χ4n) is 5.97. The zero-order valence-corrected chi connectivity index (χ0v) is 24.2. The molecule has 2 amide bonds. The van der Waals surface area contributed by atoms with E-state index < -0.39 is 11.8 Å². The fourth-order valence-corrected chi connectivity index (χ4v) is 6.20. The summed E-state index contributed by atoms with van der Waals surface area (Å²) in [4.78, 5) is 24.0. The van der Waals surface area contributed by atoms with Gasteiger partial charge in [0.1, 0.15) is 5.75 Å². The van der Waals surface area contributed by atoms with E-state index in [9.17, 15) is 9.59 Å². The maximum Gasteiger partial charge on any atom is 0.313 e. The van der Waals surface area contributed by atoms with Gasteiger partial charge < -0.3 is 15.4 Å². The number of allylic oxidation sites excluding steroid dienone is 1. The van der Waals surface area contributed by atoms with Gasteiger partial charge in [0.15, 0.2) is 0 Å². The van der Waals surface area contributed by atoms with Gasteiger partial charge >= 0.3 is 11.8 Å². The molecule has 3 aromatic carbocycles. The maximum atomic E-state index is 12.2. The third kappa shape index (κ3) is 6.26. The number of hydrogen-bond donors (Lipinski definition) is 2. The molecule has 0 bridgehead atoms. The summed E-state index contributed by atoms with van der Waals surface area (Å²) in [7, 11) is 1.45. The number of fused-ring (bicyclic) bond motifs is 1. The van der Waals surface area contributed by atoms with E-state index in [-0.39, 0.29) is 6.10 Å². The van der Waals surface area contributed by atoms with Crippen molar-refractivity contribution in [2.75, 3.05) is 12.4 Å². The number of likely N-dealkylation sites (N-methyl/N-ethyl adjacent to an activating group) is 1. The minimum atomic E-state index is -0.674. The van der Waals surface area contributed by atoms with Crippen LogP contribution < -0.4 is 15.4 Å². The minimum Gasteiger partial charge on any atom is -0.490 e. The molecule has 2 aliphatic rings. The van der Waals surface area contributed by atoms with E-state index in [4.69, 9.17) is 16.3 Å². The van der Waals surface area contributed by atoms with Crippen LogP contribution in [-0.4, -0.2) is 25.0 Å². The molecule has 1 saturated carbocycles. The lowest BCUT2D eigenvalue weighted by Crippen LogP contribution is -2.32. The van der Waals surface area contributed by atoms with Crippen molar-refractivity contribution < 1.29 is 14.3 Å². The van der Waals surface area contributed by atoms with Crippen molar-refractivity contribution >= 4 is 40.2 Å². The first-order valence-electron chi connectivity index (χ1n) is 14.3. The Hall–Kier alpha value is -3.57. The Labute approximate surface area is 242 Å². The normalized spacial score (nSPS) is 18.9. The van der Waals surface area contributed by atoms with E-state index >= 15 is 0 Å². The average molecular weight is 557 g/mol. The highest BCUT2D eigenvalue weighted by molar-refractivity contribution is 6.39. The van der Waals surface area contributed by atoms with Gasteiger partial charge in [0.05, 0.1) is 6.10 Å². The average Bonchev–Trinajstić information content (AvgIpc) is 3.13. The number of ether oxygens (including phenoxy) is 1. The van der Waals surface area contributed by atoms with Crippen LogP contribution in [0.2, 0.25) is 5.02 Å². The van der Waals surface area contributed by atoms with Gasteiger partial charge in [-0.15, -0.1) is 0 Å². The first-order valence-corrected chi connectivity index (χ1v) is 14.6. The molecule has 0 unspecified atom stereocenters. The Bertz CT molecular complexity index is 1440. The second kappa shape index (κ2) is 12.3. The van der Waals surface area contributed by atoms with Gasteiger partial charge in [0.25, 0.3) is 0 Å². The quantitative estimate of drug-likeness (QED) is 0.318. The number of benzene rings is 3. The number of nitrogens with one attached hydrogen (secondary N) is 2. The van der Waals surface area contributed by atoms with Gasteiger partial charge in [-0.3, -0.25) is 9.59 Å². The molecule has 40 heavy (non-hydrogen) atoms. The number of anilines is 1. The molecule has 0 radical (unpaired) electrons. The van der Waals surface area contributed by atoms with E-state index in [0.29, 0.717) is 5.69 Å². The van der Waals surface area contributed by atoms with E-state index in [1.165, 1.54) is 36.6 Å².